The highest BCUT2D eigenvalue weighted by Gasteiger charge is 2.22. The molecule has 2 rings (SSSR count). The van der Waals surface area contributed by atoms with E-state index in [2.05, 4.69) is 42.3 Å². The summed E-state index contributed by atoms with van der Waals surface area (Å²) in [7, 11) is -3.34. The highest BCUT2D eigenvalue weighted by molar-refractivity contribution is 9.13. The van der Waals surface area contributed by atoms with Crippen molar-refractivity contribution < 1.29 is 17.6 Å². The lowest BCUT2D eigenvalue weighted by molar-refractivity contribution is 0.102. The number of rotatable bonds is 4. The Morgan fingerprint density at radius 3 is 2.61 bits per heavy atom. The third-order valence-corrected chi connectivity index (χ3v) is 5.58. The fourth-order valence-electron chi connectivity index (χ4n) is 1.78. The molecule has 0 fully saturated rings. The van der Waals surface area contributed by atoms with Crippen molar-refractivity contribution in [1.29, 1.82) is 0 Å². The number of aromatic nitrogens is 2. The van der Waals surface area contributed by atoms with Crippen LogP contribution in [0.3, 0.4) is 0 Å². The number of nitrogens with one attached hydrogen (secondary N) is 1. The molecule has 0 spiro atoms. The Morgan fingerprint density at radius 2 is 2.04 bits per heavy atom. The summed E-state index contributed by atoms with van der Waals surface area (Å²) in [6, 6.07) is 4.40. The van der Waals surface area contributed by atoms with Gasteiger partial charge in [-0.05, 0) is 56.5 Å². The maximum Gasteiger partial charge on any atom is 0.277 e. The Bertz CT molecular complexity index is 881. The van der Waals surface area contributed by atoms with Crippen molar-refractivity contribution in [3.05, 3.63) is 44.3 Å². The van der Waals surface area contributed by atoms with Gasteiger partial charge in [-0.25, -0.2) is 17.5 Å². The van der Waals surface area contributed by atoms with E-state index in [1.807, 2.05) is 0 Å². The van der Waals surface area contributed by atoms with E-state index in [1.165, 1.54) is 12.1 Å². The summed E-state index contributed by atoms with van der Waals surface area (Å²) in [5.74, 6) is -1.62. The number of aryl methyl sites for hydroxylation is 1. The van der Waals surface area contributed by atoms with E-state index >= 15 is 0 Å². The van der Waals surface area contributed by atoms with Crippen LogP contribution >= 0.6 is 31.9 Å². The Balaban J connectivity index is 2.31. The molecule has 2 aromatic rings. The SMILES string of the molecule is Cc1ccc(NC(=O)c2nn(CS(C)(=O)=O)c(Br)c2Br)c(F)c1. The smallest absolute Gasteiger partial charge is 0.277 e. The monoisotopic (exact) mass is 467 g/mol. The lowest BCUT2D eigenvalue weighted by Gasteiger charge is -2.05. The third-order valence-electron chi connectivity index (χ3n) is 2.78. The molecule has 1 aromatic heterocycles. The molecule has 124 valence electrons. The summed E-state index contributed by atoms with van der Waals surface area (Å²) in [6.07, 6.45) is 1.05. The number of amides is 1. The summed E-state index contributed by atoms with van der Waals surface area (Å²) in [5.41, 5.74) is 0.684. The van der Waals surface area contributed by atoms with Crippen LogP contribution in [0, 0.1) is 12.7 Å². The number of hydrogen-bond donors (Lipinski definition) is 1. The summed E-state index contributed by atoms with van der Waals surface area (Å²) in [5, 5.41) is 6.36. The first-order valence-corrected chi connectivity index (χ1v) is 9.90. The summed E-state index contributed by atoms with van der Waals surface area (Å²) < 4.78 is 38.2. The zero-order valence-corrected chi connectivity index (χ0v) is 16.1. The first-order valence-electron chi connectivity index (χ1n) is 6.25. The topological polar surface area (TPSA) is 81.1 Å². The van der Waals surface area contributed by atoms with Crippen molar-refractivity contribution in [3.63, 3.8) is 0 Å². The lowest BCUT2D eigenvalue weighted by atomic mass is 10.2. The Kier molecular flexibility index (Phi) is 5.27. The molecule has 0 unspecified atom stereocenters. The van der Waals surface area contributed by atoms with Crippen LogP contribution in [0.1, 0.15) is 16.1 Å². The fourth-order valence-corrected chi connectivity index (χ4v) is 3.43. The predicted octanol–water partition coefficient (Wildman–Crippen LogP) is 3.11. The van der Waals surface area contributed by atoms with E-state index in [-0.39, 0.29) is 15.9 Å². The van der Waals surface area contributed by atoms with Gasteiger partial charge in [-0.3, -0.25) is 4.79 Å². The molecule has 6 nitrogen and oxygen atoms in total. The minimum absolute atomic E-state index is 0.0151. The summed E-state index contributed by atoms with van der Waals surface area (Å²) in [6.45, 7) is 1.73. The minimum atomic E-state index is -3.34. The van der Waals surface area contributed by atoms with Gasteiger partial charge in [0.1, 0.15) is 16.3 Å². The second kappa shape index (κ2) is 6.70. The van der Waals surface area contributed by atoms with E-state index in [1.54, 1.807) is 13.0 Å². The van der Waals surface area contributed by atoms with Gasteiger partial charge in [0.05, 0.1) is 10.2 Å². The Labute approximate surface area is 149 Å². The molecule has 23 heavy (non-hydrogen) atoms. The maximum atomic E-state index is 13.8. The zero-order valence-electron chi connectivity index (χ0n) is 12.1. The van der Waals surface area contributed by atoms with Crippen LogP contribution in [0.4, 0.5) is 10.1 Å². The lowest BCUT2D eigenvalue weighted by Crippen LogP contribution is -2.16. The van der Waals surface area contributed by atoms with Crippen molar-refractivity contribution in [3.8, 4) is 0 Å². The van der Waals surface area contributed by atoms with Gasteiger partial charge in [-0.15, -0.1) is 0 Å². The largest absolute Gasteiger partial charge is 0.318 e. The Hall–Kier alpha value is -1.26. The molecular weight excluding hydrogens is 457 g/mol. The fraction of sp³-hybridized carbons (Fsp3) is 0.231. The van der Waals surface area contributed by atoms with E-state index < -0.39 is 27.4 Å². The molecule has 1 aromatic carbocycles. The number of benzene rings is 1. The van der Waals surface area contributed by atoms with E-state index in [9.17, 15) is 17.6 Å². The number of sulfone groups is 1. The second-order valence-corrected chi connectivity index (χ2v) is 8.60. The highest BCUT2D eigenvalue weighted by atomic mass is 79.9. The third kappa shape index (κ3) is 4.39. The predicted molar refractivity (Wildman–Crippen MR) is 91.6 cm³/mol. The van der Waals surface area contributed by atoms with Crippen LogP contribution in [-0.2, 0) is 15.7 Å². The number of nitrogens with zero attached hydrogens (tertiary/aromatic N) is 2. The van der Waals surface area contributed by atoms with Crippen LogP contribution in [0.25, 0.3) is 0 Å². The molecule has 0 aliphatic rings. The van der Waals surface area contributed by atoms with Gasteiger partial charge in [0.2, 0.25) is 0 Å². The molecule has 1 heterocycles. The molecule has 10 heteroatoms. The number of hydrogen-bond acceptors (Lipinski definition) is 4. The summed E-state index contributed by atoms with van der Waals surface area (Å²) in [4.78, 5) is 12.2. The Morgan fingerprint density at radius 1 is 1.39 bits per heavy atom. The zero-order chi connectivity index (χ0) is 17.4. The van der Waals surface area contributed by atoms with Crippen molar-refractivity contribution >= 4 is 53.3 Å². The van der Waals surface area contributed by atoms with Crippen molar-refractivity contribution in [2.75, 3.05) is 11.6 Å². The molecule has 0 atom stereocenters. The van der Waals surface area contributed by atoms with Gasteiger partial charge in [0, 0.05) is 6.26 Å². The molecule has 0 aliphatic heterocycles. The molecule has 0 bridgehead atoms. The average molecular weight is 469 g/mol. The van der Waals surface area contributed by atoms with Crippen molar-refractivity contribution in [2.45, 2.75) is 12.8 Å². The number of halogens is 3. The van der Waals surface area contributed by atoms with Crippen LogP contribution in [0.15, 0.2) is 27.3 Å². The standard InChI is InChI=1S/C13H12Br2FN3O3S/c1-7-3-4-9(8(16)5-7)17-13(20)11-10(14)12(15)19(18-11)6-23(2,21)22/h3-5H,6H2,1-2H3,(H,17,20). The molecule has 0 saturated carbocycles. The van der Waals surface area contributed by atoms with Gasteiger partial charge in [-0.2, -0.15) is 5.10 Å². The number of anilines is 1. The molecule has 0 aliphatic carbocycles. The van der Waals surface area contributed by atoms with Gasteiger partial charge < -0.3 is 5.32 Å². The van der Waals surface area contributed by atoms with Gasteiger partial charge in [0.25, 0.3) is 5.91 Å². The van der Waals surface area contributed by atoms with E-state index in [0.717, 1.165) is 16.5 Å². The average Bonchev–Trinajstić information content (AvgIpc) is 2.68. The van der Waals surface area contributed by atoms with Crippen LogP contribution in [0.5, 0.6) is 0 Å². The molecular formula is C13H12Br2FN3O3S. The highest BCUT2D eigenvalue weighted by Crippen LogP contribution is 2.28. The van der Waals surface area contributed by atoms with E-state index in [0.29, 0.717) is 4.60 Å². The van der Waals surface area contributed by atoms with Crippen LogP contribution in [0.2, 0.25) is 0 Å². The van der Waals surface area contributed by atoms with Gasteiger partial charge in [0.15, 0.2) is 15.5 Å². The molecule has 1 amide bonds. The first-order chi connectivity index (χ1) is 10.6. The quantitative estimate of drug-likeness (QED) is 0.747. The molecule has 1 N–H and O–H groups in total. The minimum Gasteiger partial charge on any atom is -0.318 e. The van der Waals surface area contributed by atoms with Gasteiger partial charge in [-0.1, -0.05) is 6.07 Å². The van der Waals surface area contributed by atoms with Crippen molar-refractivity contribution in [2.24, 2.45) is 0 Å². The van der Waals surface area contributed by atoms with E-state index in [4.69, 9.17) is 0 Å². The van der Waals surface area contributed by atoms with Crippen LogP contribution in [-0.4, -0.2) is 30.4 Å². The van der Waals surface area contributed by atoms with Crippen LogP contribution < -0.4 is 5.32 Å². The second-order valence-electron chi connectivity index (χ2n) is 4.95. The number of carbonyl (C=O) groups excluding carboxylic acids is 1. The maximum absolute atomic E-state index is 13.8. The first kappa shape index (κ1) is 18.1. The molecule has 0 saturated heterocycles. The van der Waals surface area contributed by atoms with Crippen molar-refractivity contribution in [1.82, 2.24) is 9.78 Å². The molecule has 0 radical (unpaired) electrons. The summed E-state index contributed by atoms with van der Waals surface area (Å²) >= 11 is 6.34. The normalized spacial score (nSPS) is 11.5. The van der Waals surface area contributed by atoms with Gasteiger partial charge >= 0.3 is 0 Å². The number of carbonyl (C=O) groups is 1.